The van der Waals surface area contributed by atoms with Crippen molar-refractivity contribution < 1.29 is 9.59 Å². The SMILES string of the molecule is CC(C)Cc1ccc(C(=O)CCC(=O)NC2(CN)CCCC2)cc1. The monoisotopic (exact) mass is 330 g/mol. The van der Waals surface area contributed by atoms with Crippen molar-refractivity contribution in [2.24, 2.45) is 11.7 Å². The summed E-state index contributed by atoms with van der Waals surface area (Å²) < 4.78 is 0. The van der Waals surface area contributed by atoms with E-state index in [1.165, 1.54) is 5.56 Å². The molecule has 0 radical (unpaired) electrons. The van der Waals surface area contributed by atoms with Crippen LogP contribution in [0, 0.1) is 5.92 Å². The van der Waals surface area contributed by atoms with Crippen LogP contribution < -0.4 is 11.1 Å². The van der Waals surface area contributed by atoms with Gasteiger partial charge in [-0.15, -0.1) is 0 Å². The highest BCUT2D eigenvalue weighted by atomic mass is 16.2. The molecule has 0 aromatic heterocycles. The molecule has 0 bridgehead atoms. The van der Waals surface area contributed by atoms with Gasteiger partial charge in [-0.3, -0.25) is 9.59 Å². The number of hydrogen-bond donors (Lipinski definition) is 2. The summed E-state index contributed by atoms with van der Waals surface area (Å²) in [4.78, 5) is 24.4. The molecule has 4 nitrogen and oxygen atoms in total. The molecular formula is C20H30N2O2. The molecule has 1 amide bonds. The number of rotatable bonds is 8. The summed E-state index contributed by atoms with van der Waals surface area (Å²) in [5.74, 6) is 0.558. The molecule has 3 N–H and O–H groups in total. The predicted molar refractivity (Wildman–Crippen MR) is 96.9 cm³/mol. The van der Waals surface area contributed by atoms with E-state index in [1.807, 2.05) is 24.3 Å². The molecule has 1 aromatic carbocycles. The first-order valence-electron chi connectivity index (χ1n) is 9.07. The Bertz CT molecular complexity index is 558. The summed E-state index contributed by atoms with van der Waals surface area (Å²) in [5, 5.41) is 3.06. The lowest BCUT2D eigenvalue weighted by atomic mass is 9.97. The molecule has 1 aliphatic carbocycles. The largest absolute Gasteiger partial charge is 0.349 e. The maximum Gasteiger partial charge on any atom is 0.220 e. The topological polar surface area (TPSA) is 72.2 Å². The molecule has 0 spiro atoms. The summed E-state index contributed by atoms with van der Waals surface area (Å²) in [6, 6.07) is 7.76. The van der Waals surface area contributed by atoms with Crippen molar-refractivity contribution in [1.82, 2.24) is 5.32 Å². The standard InChI is InChI=1S/C20H30N2O2/c1-15(2)13-16-5-7-17(8-6-16)18(23)9-10-19(24)22-20(14-21)11-3-4-12-20/h5-8,15H,3-4,9-14,21H2,1-2H3,(H,22,24). The van der Waals surface area contributed by atoms with Crippen LogP contribution in [0.3, 0.4) is 0 Å². The van der Waals surface area contributed by atoms with E-state index in [9.17, 15) is 9.59 Å². The number of nitrogens with one attached hydrogen (secondary N) is 1. The van der Waals surface area contributed by atoms with E-state index in [1.54, 1.807) is 0 Å². The number of hydrogen-bond acceptors (Lipinski definition) is 3. The van der Waals surface area contributed by atoms with Crippen molar-refractivity contribution in [2.45, 2.75) is 64.3 Å². The number of Topliss-reactive ketones (excluding diaryl/α,β-unsaturated/α-hetero) is 1. The van der Waals surface area contributed by atoms with E-state index in [4.69, 9.17) is 5.73 Å². The molecule has 24 heavy (non-hydrogen) atoms. The molecule has 0 aliphatic heterocycles. The van der Waals surface area contributed by atoms with Gasteiger partial charge in [-0.05, 0) is 30.7 Å². The Morgan fingerprint density at radius 1 is 1.12 bits per heavy atom. The van der Waals surface area contributed by atoms with Crippen LogP contribution in [0.25, 0.3) is 0 Å². The summed E-state index contributed by atoms with van der Waals surface area (Å²) in [6.07, 6.45) is 5.60. The zero-order valence-corrected chi connectivity index (χ0v) is 14.9. The summed E-state index contributed by atoms with van der Waals surface area (Å²) in [7, 11) is 0. The minimum absolute atomic E-state index is 0.0227. The highest BCUT2D eigenvalue weighted by molar-refractivity contribution is 5.98. The fraction of sp³-hybridized carbons (Fsp3) is 0.600. The summed E-state index contributed by atoms with van der Waals surface area (Å²) in [5.41, 5.74) is 7.52. The van der Waals surface area contributed by atoms with Gasteiger partial charge in [0.15, 0.2) is 5.78 Å². The third-order valence-electron chi connectivity index (χ3n) is 4.85. The molecule has 1 fully saturated rings. The minimum Gasteiger partial charge on any atom is -0.349 e. The van der Waals surface area contributed by atoms with Crippen molar-refractivity contribution in [1.29, 1.82) is 0 Å². The van der Waals surface area contributed by atoms with Crippen molar-refractivity contribution in [3.05, 3.63) is 35.4 Å². The average Bonchev–Trinajstić information content (AvgIpc) is 3.02. The zero-order chi connectivity index (χ0) is 17.6. The maximum atomic E-state index is 12.3. The van der Waals surface area contributed by atoms with Crippen molar-refractivity contribution in [3.8, 4) is 0 Å². The fourth-order valence-electron chi connectivity index (χ4n) is 3.46. The summed E-state index contributed by atoms with van der Waals surface area (Å²) in [6.45, 7) is 4.83. The Morgan fingerprint density at radius 3 is 2.29 bits per heavy atom. The second-order valence-electron chi connectivity index (χ2n) is 7.46. The van der Waals surface area contributed by atoms with Crippen LogP contribution >= 0.6 is 0 Å². The van der Waals surface area contributed by atoms with Crippen LogP contribution in [0.1, 0.15) is 68.3 Å². The van der Waals surface area contributed by atoms with Crippen molar-refractivity contribution in [2.75, 3.05) is 6.54 Å². The third kappa shape index (κ3) is 5.17. The van der Waals surface area contributed by atoms with Crippen molar-refractivity contribution in [3.63, 3.8) is 0 Å². The van der Waals surface area contributed by atoms with E-state index < -0.39 is 0 Å². The first kappa shape index (κ1) is 18.7. The molecule has 0 heterocycles. The third-order valence-corrected chi connectivity index (χ3v) is 4.85. The molecule has 4 heteroatoms. The van der Waals surface area contributed by atoms with Gasteiger partial charge >= 0.3 is 0 Å². The van der Waals surface area contributed by atoms with E-state index in [0.717, 1.165) is 32.1 Å². The van der Waals surface area contributed by atoms with Crippen LogP contribution in [0.4, 0.5) is 0 Å². The van der Waals surface area contributed by atoms with E-state index in [-0.39, 0.29) is 30.1 Å². The smallest absolute Gasteiger partial charge is 0.220 e. The van der Waals surface area contributed by atoms with Gasteiger partial charge in [0.2, 0.25) is 5.91 Å². The van der Waals surface area contributed by atoms with Gasteiger partial charge in [-0.2, -0.15) is 0 Å². The molecule has 0 atom stereocenters. The van der Waals surface area contributed by atoms with Crippen LogP contribution in [-0.4, -0.2) is 23.8 Å². The number of amides is 1. The van der Waals surface area contributed by atoms with Gasteiger partial charge in [-0.1, -0.05) is 51.0 Å². The first-order valence-corrected chi connectivity index (χ1v) is 9.07. The Labute approximate surface area is 145 Å². The highest BCUT2D eigenvalue weighted by Crippen LogP contribution is 2.28. The number of ketones is 1. The minimum atomic E-state index is -0.237. The Kier molecular flexibility index (Phi) is 6.55. The zero-order valence-electron chi connectivity index (χ0n) is 14.9. The van der Waals surface area contributed by atoms with Gasteiger partial charge in [0.25, 0.3) is 0 Å². The number of benzene rings is 1. The molecule has 1 aliphatic rings. The van der Waals surface area contributed by atoms with E-state index >= 15 is 0 Å². The normalized spacial score (nSPS) is 16.3. The molecule has 2 rings (SSSR count). The van der Waals surface area contributed by atoms with E-state index in [0.29, 0.717) is 18.0 Å². The molecule has 0 saturated heterocycles. The lowest BCUT2D eigenvalue weighted by molar-refractivity contribution is -0.122. The lowest BCUT2D eigenvalue weighted by Gasteiger charge is -2.28. The quantitative estimate of drug-likeness (QED) is 0.719. The fourth-order valence-corrected chi connectivity index (χ4v) is 3.46. The molecule has 0 unspecified atom stereocenters. The number of nitrogens with two attached hydrogens (primary N) is 1. The van der Waals surface area contributed by atoms with Crippen LogP contribution in [0.15, 0.2) is 24.3 Å². The average molecular weight is 330 g/mol. The van der Waals surface area contributed by atoms with Crippen LogP contribution in [0.5, 0.6) is 0 Å². The molecule has 1 saturated carbocycles. The van der Waals surface area contributed by atoms with Gasteiger partial charge in [0.05, 0.1) is 5.54 Å². The van der Waals surface area contributed by atoms with Crippen LogP contribution in [0.2, 0.25) is 0 Å². The summed E-state index contributed by atoms with van der Waals surface area (Å²) >= 11 is 0. The van der Waals surface area contributed by atoms with Gasteiger partial charge in [0.1, 0.15) is 0 Å². The Balaban J connectivity index is 1.82. The number of carbonyl (C=O) groups is 2. The Hall–Kier alpha value is -1.68. The second kappa shape index (κ2) is 8.43. The second-order valence-corrected chi connectivity index (χ2v) is 7.46. The highest BCUT2D eigenvalue weighted by Gasteiger charge is 2.33. The lowest BCUT2D eigenvalue weighted by Crippen LogP contribution is -2.51. The maximum absolute atomic E-state index is 12.3. The predicted octanol–water partition coefficient (Wildman–Crippen LogP) is 3.24. The molecule has 132 valence electrons. The number of carbonyl (C=O) groups excluding carboxylic acids is 2. The van der Waals surface area contributed by atoms with Gasteiger partial charge in [-0.25, -0.2) is 0 Å². The molecule has 1 aromatic rings. The van der Waals surface area contributed by atoms with Crippen LogP contribution in [-0.2, 0) is 11.2 Å². The first-order chi connectivity index (χ1) is 11.4. The van der Waals surface area contributed by atoms with Gasteiger partial charge in [0, 0.05) is 24.9 Å². The Morgan fingerprint density at radius 2 is 1.75 bits per heavy atom. The van der Waals surface area contributed by atoms with Gasteiger partial charge < -0.3 is 11.1 Å². The van der Waals surface area contributed by atoms with Crippen molar-refractivity contribution >= 4 is 11.7 Å². The molecular weight excluding hydrogens is 300 g/mol. The van der Waals surface area contributed by atoms with E-state index in [2.05, 4.69) is 19.2 Å².